The van der Waals surface area contributed by atoms with Crippen LogP contribution in [0.15, 0.2) is 23.1 Å². The fourth-order valence-corrected chi connectivity index (χ4v) is 2.68. The van der Waals surface area contributed by atoms with Gasteiger partial charge in [-0.25, -0.2) is 0 Å². The summed E-state index contributed by atoms with van der Waals surface area (Å²) < 4.78 is 17.2. The molecular weight excluding hydrogens is 250 g/mol. The van der Waals surface area contributed by atoms with Crippen LogP contribution >= 0.6 is 0 Å². The third kappa shape index (κ3) is 3.67. The Morgan fingerprint density at radius 1 is 1.50 bits per heavy atom. The van der Waals surface area contributed by atoms with Crippen molar-refractivity contribution < 1.29 is 13.7 Å². The summed E-state index contributed by atoms with van der Waals surface area (Å²) in [6.07, 6.45) is 0.973. The van der Waals surface area contributed by atoms with Crippen LogP contribution in [0.2, 0.25) is 0 Å². The Bertz CT molecular complexity index is 505. The number of ether oxygens (including phenoxy) is 1. The first kappa shape index (κ1) is 14.4. The van der Waals surface area contributed by atoms with Gasteiger partial charge in [0, 0.05) is 17.7 Å². The number of hydrogen-bond donors (Lipinski definition) is 0. The fourth-order valence-electron chi connectivity index (χ4n) is 1.47. The molecule has 0 fully saturated rings. The van der Waals surface area contributed by atoms with Crippen LogP contribution in [0, 0.1) is 11.3 Å². The van der Waals surface area contributed by atoms with Gasteiger partial charge >= 0.3 is 0 Å². The van der Waals surface area contributed by atoms with Crippen LogP contribution in [-0.4, -0.2) is 22.9 Å². The monoisotopic (exact) mass is 265 g/mol. The average Bonchev–Trinajstić information content (AvgIpc) is 2.38. The first-order valence-corrected chi connectivity index (χ1v) is 6.86. The lowest BCUT2D eigenvalue weighted by atomic mass is 10.1. The first-order chi connectivity index (χ1) is 8.60. The number of nitrogens with zero attached hydrogens (tertiary/aromatic N) is 1. The maximum Gasteiger partial charge on any atom is 0.159 e. The van der Waals surface area contributed by atoms with E-state index in [4.69, 9.17) is 10.00 Å². The van der Waals surface area contributed by atoms with Gasteiger partial charge in [-0.2, -0.15) is 5.26 Å². The molecule has 1 aromatic rings. The van der Waals surface area contributed by atoms with Gasteiger partial charge in [-0.1, -0.05) is 0 Å². The smallest absolute Gasteiger partial charge is 0.159 e. The van der Waals surface area contributed by atoms with Crippen LogP contribution in [0.1, 0.15) is 30.1 Å². The molecule has 1 atom stereocenters. The lowest BCUT2D eigenvalue weighted by Crippen LogP contribution is -2.02. The number of rotatable bonds is 6. The summed E-state index contributed by atoms with van der Waals surface area (Å²) in [5.41, 5.74) is 0.532. The Hall–Kier alpha value is -1.67. The number of carbonyl (C=O) groups excluding carboxylic acids is 1. The summed E-state index contributed by atoms with van der Waals surface area (Å²) in [5, 5.41) is 8.44. The van der Waals surface area contributed by atoms with E-state index in [1.807, 2.05) is 6.07 Å². The van der Waals surface area contributed by atoms with Gasteiger partial charge in [0.05, 0.1) is 28.9 Å². The van der Waals surface area contributed by atoms with E-state index in [0.29, 0.717) is 34.8 Å². The molecule has 0 spiro atoms. The zero-order chi connectivity index (χ0) is 13.5. The van der Waals surface area contributed by atoms with Crippen molar-refractivity contribution >= 4 is 16.6 Å². The SMILES string of the molecule is COc1cc(C(C)=O)ccc1[S@](=O)CCCC#N. The molecule has 1 aromatic carbocycles. The minimum atomic E-state index is -1.21. The Labute approximate surface area is 109 Å². The van der Waals surface area contributed by atoms with Crippen LogP contribution in [0.3, 0.4) is 0 Å². The van der Waals surface area contributed by atoms with Gasteiger partial charge in [-0.05, 0) is 31.5 Å². The molecule has 0 aromatic heterocycles. The Morgan fingerprint density at radius 2 is 2.22 bits per heavy atom. The van der Waals surface area contributed by atoms with E-state index in [1.54, 1.807) is 18.2 Å². The fraction of sp³-hybridized carbons (Fsp3) is 0.385. The molecule has 4 nitrogen and oxygen atoms in total. The summed E-state index contributed by atoms with van der Waals surface area (Å²) in [4.78, 5) is 11.8. The minimum Gasteiger partial charge on any atom is -0.495 e. The third-order valence-corrected chi connectivity index (χ3v) is 3.92. The van der Waals surface area contributed by atoms with Gasteiger partial charge in [-0.3, -0.25) is 9.00 Å². The summed E-state index contributed by atoms with van der Waals surface area (Å²) >= 11 is 0. The van der Waals surface area contributed by atoms with E-state index in [9.17, 15) is 9.00 Å². The molecule has 0 aliphatic carbocycles. The number of benzene rings is 1. The number of Topliss-reactive ketones (excluding diaryl/α,β-unsaturated/α-hetero) is 1. The van der Waals surface area contributed by atoms with Crippen molar-refractivity contribution in [3.8, 4) is 11.8 Å². The third-order valence-electron chi connectivity index (χ3n) is 2.43. The van der Waals surface area contributed by atoms with Gasteiger partial charge in [0.1, 0.15) is 5.75 Å². The van der Waals surface area contributed by atoms with Gasteiger partial charge in [0.25, 0.3) is 0 Å². The molecule has 0 heterocycles. The van der Waals surface area contributed by atoms with Gasteiger partial charge in [0.15, 0.2) is 5.78 Å². The van der Waals surface area contributed by atoms with Gasteiger partial charge < -0.3 is 4.74 Å². The van der Waals surface area contributed by atoms with E-state index < -0.39 is 10.8 Å². The summed E-state index contributed by atoms with van der Waals surface area (Å²) in [6, 6.07) is 6.91. The minimum absolute atomic E-state index is 0.0601. The van der Waals surface area contributed by atoms with Crippen molar-refractivity contribution in [2.45, 2.75) is 24.7 Å². The molecule has 18 heavy (non-hydrogen) atoms. The van der Waals surface area contributed by atoms with E-state index in [2.05, 4.69) is 0 Å². The predicted molar refractivity (Wildman–Crippen MR) is 69.1 cm³/mol. The van der Waals surface area contributed by atoms with Crippen LogP contribution in [-0.2, 0) is 10.8 Å². The molecular formula is C13H15NO3S. The standard InChI is InChI=1S/C13H15NO3S/c1-10(15)11-5-6-13(12(9-11)17-2)18(16)8-4-3-7-14/h5-6,9H,3-4,8H2,1-2H3/t18-/m1/s1. The first-order valence-electron chi connectivity index (χ1n) is 5.54. The van der Waals surface area contributed by atoms with Crippen LogP contribution in [0.5, 0.6) is 5.75 Å². The summed E-state index contributed by atoms with van der Waals surface area (Å²) in [5.74, 6) is 0.816. The molecule has 0 radical (unpaired) electrons. The lowest BCUT2D eigenvalue weighted by Gasteiger charge is -2.09. The second-order valence-electron chi connectivity index (χ2n) is 3.73. The average molecular weight is 265 g/mol. The molecule has 0 saturated carbocycles. The number of hydrogen-bond acceptors (Lipinski definition) is 4. The Kier molecular flexibility index (Phi) is 5.53. The number of carbonyl (C=O) groups is 1. The number of methoxy groups -OCH3 is 1. The number of ketones is 1. The van der Waals surface area contributed by atoms with E-state index in [0.717, 1.165) is 0 Å². The molecule has 1 rings (SSSR count). The summed E-state index contributed by atoms with van der Waals surface area (Å²) in [7, 11) is 0.276. The van der Waals surface area contributed by atoms with Gasteiger partial charge in [0.2, 0.25) is 0 Å². The van der Waals surface area contributed by atoms with Crippen LogP contribution < -0.4 is 4.74 Å². The van der Waals surface area contributed by atoms with E-state index >= 15 is 0 Å². The van der Waals surface area contributed by atoms with E-state index in [1.165, 1.54) is 14.0 Å². The highest BCUT2D eigenvalue weighted by molar-refractivity contribution is 7.85. The summed E-state index contributed by atoms with van der Waals surface area (Å²) in [6.45, 7) is 1.47. The lowest BCUT2D eigenvalue weighted by molar-refractivity contribution is 0.101. The van der Waals surface area contributed by atoms with Crippen molar-refractivity contribution in [2.24, 2.45) is 0 Å². The Balaban J connectivity index is 2.92. The van der Waals surface area contributed by atoms with Crippen molar-refractivity contribution in [1.82, 2.24) is 0 Å². The van der Waals surface area contributed by atoms with Crippen molar-refractivity contribution in [2.75, 3.05) is 12.9 Å². The highest BCUT2D eigenvalue weighted by Crippen LogP contribution is 2.24. The second kappa shape index (κ2) is 6.92. The molecule has 5 heteroatoms. The zero-order valence-corrected chi connectivity index (χ0v) is 11.3. The maximum absolute atomic E-state index is 12.0. The Morgan fingerprint density at radius 3 is 2.78 bits per heavy atom. The van der Waals surface area contributed by atoms with Crippen LogP contribution in [0.25, 0.3) is 0 Å². The largest absolute Gasteiger partial charge is 0.495 e. The molecule has 0 unspecified atom stereocenters. The van der Waals surface area contributed by atoms with Gasteiger partial charge in [-0.15, -0.1) is 0 Å². The highest BCUT2D eigenvalue weighted by Gasteiger charge is 2.12. The maximum atomic E-state index is 12.0. The molecule has 0 bridgehead atoms. The number of unbranched alkanes of at least 4 members (excludes halogenated alkanes) is 1. The topological polar surface area (TPSA) is 67.2 Å². The molecule has 96 valence electrons. The normalized spacial score (nSPS) is 11.6. The second-order valence-corrected chi connectivity index (χ2v) is 5.27. The van der Waals surface area contributed by atoms with Crippen molar-refractivity contribution in [1.29, 1.82) is 5.26 Å². The highest BCUT2D eigenvalue weighted by atomic mass is 32.2. The molecule has 0 aliphatic rings. The molecule has 0 saturated heterocycles. The molecule has 0 N–H and O–H groups in total. The predicted octanol–water partition coefficient (Wildman–Crippen LogP) is 2.31. The van der Waals surface area contributed by atoms with Crippen molar-refractivity contribution in [3.63, 3.8) is 0 Å². The number of nitriles is 1. The van der Waals surface area contributed by atoms with E-state index in [-0.39, 0.29) is 5.78 Å². The zero-order valence-electron chi connectivity index (χ0n) is 10.4. The quantitative estimate of drug-likeness (QED) is 0.584. The van der Waals surface area contributed by atoms with Crippen molar-refractivity contribution in [3.05, 3.63) is 23.8 Å². The molecule has 0 amide bonds. The van der Waals surface area contributed by atoms with Crippen LogP contribution in [0.4, 0.5) is 0 Å². The molecule has 0 aliphatic heterocycles.